The molecule has 9 heteroatoms. The van der Waals surface area contributed by atoms with Gasteiger partial charge >= 0.3 is 0 Å². The second-order valence-corrected chi connectivity index (χ2v) is 6.14. The molecule has 1 amide bonds. The average molecular weight is 364 g/mol. The van der Waals surface area contributed by atoms with Gasteiger partial charge in [0.15, 0.2) is 10.9 Å². The van der Waals surface area contributed by atoms with E-state index in [1.807, 2.05) is 0 Å². The summed E-state index contributed by atoms with van der Waals surface area (Å²) in [6.07, 6.45) is 0.619. The Morgan fingerprint density at radius 3 is 2.64 bits per heavy atom. The third-order valence-corrected chi connectivity index (χ3v) is 4.58. The minimum absolute atomic E-state index is 0.109. The predicted molar refractivity (Wildman–Crippen MR) is 93.1 cm³/mol. The molecular formula is C16H20N4O4S. The fraction of sp³-hybridized carbons (Fsp3) is 0.375. The lowest BCUT2D eigenvalue weighted by molar-refractivity contribution is -0.118. The molecular weight excluding hydrogens is 344 g/mol. The molecule has 2 N–H and O–H groups in total. The number of thioether (sulfide) groups is 1. The first-order chi connectivity index (χ1) is 12.0. The number of Topliss-reactive ketones (excluding diaryl/α,β-unsaturated/α-hetero) is 1. The Morgan fingerprint density at radius 1 is 1.24 bits per heavy atom. The van der Waals surface area contributed by atoms with E-state index in [0.29, 0.717) is 34.5 Å². The summed E-state index contributed by atoms with van der Waals surface area (Å²) in [5, 5.41) is 8.67. The van der Waals surface area contributed by atoms with Gasteiger partial charge in [0, 0.05) is 19.9 Å². The number of hydrogen-bond donors (Lipinski definition) is 1. The van der Waals surface area contributed by atoms with Gasteiger partial charge in [0.25, 0.3) is 0 Å². The van der Waals surface area contributed by atoms with E-state index in [2.05, 4.69) is 10.2 Å². The van der Waals surface area contributed by atoms with Gasteiger partial charge < -0.3 is 19.8 Å². The molecule has 0 aliphatic rings. The van der Waals surface area contributed by atoms with Crippen molar-refractivity contribution in [2.75, 3.05) is 20.0 Å². The largest absolute Gasteiger partial charge is 0.497 e. The molecule has 1 heterocycles. The molecule has 0 saturated carbocycles. The van der Waals surface area contributed by atoms with Crippen LogP contribution in [0.2, 0.25) is 0 Å². The van der Waals surface area contributed by atoms with E-state index >= 15 is 0 Å². The Morgan fingerprint density at radius 2 is 2.00 bits per heavy atom. The molecule has 25 heavy (non-hydrogen) atoms. The maximum absolute atomic E-state index is 12.5. The lowest BCUT2D eigenvalue weighted by atomic mass is 10.1. The average Bonchev–Trinajstić information content (AvgIpc) is 2.97. The van der Waals surface area contributed by atoms with Crippen molar-refractivity contribution in [2.24, 2.45) is 12.8 Å². The number of ketones is 1. The van der Waals surface area contributed by atoms with Crippen LogP contribution in [0.5, 0.6) is 11.5 Å². The summed E-state index contributed by atoms with van der Waals surface area (Å²) < 4.78 is 12.1. The summed E-state index contributed by atoms with van der Waals surface area (Å²) in [6.45, 7) is 0. The lowest BCUT2D eigenvalue weighted by Gasteiger charge is -2.09. The molecule has 0 saturated heterocycles. The molecule has 0 atom stereocenters. The Kier molecular flexibility index (Phi) is 6.40. The zero-order valence-electron chi connectivity index (χ0n) is 14.3. The van der Waals surface area contributed by atoms with Gasteiger partial charge in [0.05, 0.1) is 25.5 Å². The summed E-state index contributed by atoms with van der Waals surface area (Å²) in [6, 6.07) is 5.08. The van der Waals surface area contributed by atoms with Crippen LogP contribution >= 0.6 is 11.8 Å². The molecule has 1 aromatic carbocycles. The first-order valence-electron chi connectivity index (χ1n) is 7.50. The molecule has 0 unspecified atom stereocenters. The Bertz CT molecular complexity index is 775. The molecule has 0 spiro atoms. The van der Waals surface area contributed by atoms with Crippen LogP contribution in [0.15, 0.2) is 23.4 Å². The topological polar surface area (TPSA) is 109 Å². The van der Waals surface area contributed by atoms with Gasteiger partial charge in [-0.1, -0.05) is 11.8 Å². The van der Waals surface area contributed by atoms with Crippen LogP contribution in [-0.2, 0) is 18.3 Å². The third-order valence-electron chi connectivity index (χ3n) is 3.56. The van der Waals surface area contributed by atoms with Crippen molar-refractivity contribution >= 4 is 23.5 Å². The number of amides is 1. The predicted octanol–water partition coefficient (Wildman–Crippen LogP) is 1.23. The Hall–Kier alpha value is -2.55. The summed E-state index contributed by atoms with van der Waals surface area (Å²) in [5.74, 6) is 1.39. The van der Waals surface area contributed by atoms with E-state index in [0.717, 1.165) is 0 Å². The third kappa shape index (κ3) is 4.72. The van der Waals surface area contributed by atoms with E-state index in [4.69, 9.17) is 15.2 Å². The SMILES string of the molecule is COc1ccc(OC)c(C(=O)CSc2nnc(CCC(N)=O)n2C)c1. The highest BCUT2D eigenvalue weighted by Gasteiger charge is 2.16. The van der Waals surface area contributed by atoms with Crippen molar-refractivity contribution in [2.45, 2.75) is 18.0 Å². The number of benzene rings is 1. The van der Waals surface area contributed by atoms with Gasteiger partial charge in [-0.2, -0.15) is 0 Å². The van der Waals surface area contributed by atoms with Gasteiger partial charge in [0.2, 0.25) is 5.91 Å². The fourth-order valence-corrected chi connectivity index (χ4v) is 2.98. The molecule has 2 aromatic rings. The number of methoxy groups -OCH3 is 2. The normalized spacial score (nSPS) is 10.5. The number of aryl methyl sites for hydroxylation is 1. The van der Waals surface area contributed by atoms with Crippen LogP contribution in [0.3, 0.4) is 0 Å². The first kappa shape index (κ1) is 18.8. The fourth-order valence-electron chi connectivity index (χ4n) is 2.16. The van der Waals surface area contributed by atoms with Crippen molar-refractivity contribution in [3.63, 3.8) is 0 Å². The number of ether oxygens (including phenoxy) is 2. The highest BCUT2D eigenvalue weighted by Crippen LogP contribution is 2.26. The molecule has 0 aliphatic carbocycles. The molecule has 0 bridgehead atoms. The highest BCUT2D eigenvalue weighted by molar-refractivity contribution is 7.99. The molecule has 1 aromatic heterocycles. The van der Waals surface area contributed by atoms with Gasteiger partial charge in [-0.05, 0) is 18.2 Å². The first-order valence-corrected chi connectivity index (χ1v) is 8.49. The molecule has 134 valence electrons. The van der Waals surface area contributed by atoms with Crippen LogP contribution in [0.1, 0.15) is 22.6 Å². The zero-order chi connectivity index (χ0) is 18.4. The van der Waals surface area contributed by atoms with Crippen LogP contribution < -0.4 is 15.2 Å². The van der Waals surface area contributed by atoms with Crippen molar-refractivity contribution in [1.29, 1.82) is 0 Å². The van der Waals surface area contributed by atoms with E-state index in [9.17, 15) is 9.59 Å². The van der Waals surface area contributed by atoms with Crippen molar-refractivity contribution in [3.8, 4) is 11.5 Å². The van der Waals surface area contributed by atoms with Gasteiger partial charge in [-0.15, -0.1) is 10.2 Å². The number of carbonyl (C=O) groups is 2. The highest BCUT2D eigenvalue weighted by atomic mass is 32.2. The standard InChI is InChI=1S/C16H20N4O4S/c1-20-15(7-6-14(17)22)18-19-16(20)25-9-12(21)11-8-10(23-2)4-5-13(11)24-3/h4-5,8H,6-7,9H2,1-3H3,(H2,17,22). The molecule has 2 rings (SSSR count). The number of carbonyl (C=O) groups excluding carboxylic acids is 2. The van der Waals surface area contributed by atoms with Gasteiger partial charge in [-0.3, -0.25) is 9.59 Å². The minimum Gasteiger partial charge on any atom is -0.497 e. The van der Waals surface area contributed by atoms with E-state index in [1.54, 1.807) is 29.8 Å². The van der Waals surface area contributed by atoms with Gasteiger partial charge in [0.1, 0.15) is 17.3 Å². The van der Waals surface area contributed by atoms with Crippen molar-refractivity contribution in [3.05, 3.63) is 29.6 Å². The quantitative estimate of drug-likeness (QED) is 0.526. The zero-order valence-corrected chi connectivity index (χ0v) is 15.1. The van der Waals surface area contributed by atoms with Crippen LogP contribution in [0.4, 0.5) is 0 Å². The van der Waals surface area contributed by atoms with E-state index < -0.39 is 5.91 Å². The van der Waals surface area contributed by atoms with Crippen LogP contribution in [-0.4, -0.2) is 46.4 Å². The Balaban J connectivity index is 2.06. The van der Waals surface area contributed by atoms with Gasteiger partial charge in [-0.25, -0.2) is 0 Å². The number of aromatic nitrogens is 3. The second kappa shape index (κ2) is 8.52. The number of nitrogens with two attached hydrogens (primary N) is 1. The van der Waals surface area contributed by atoms with Crippen LogP contribution in [0, 0.1) is 0 Å². The monoisotopic (exact) mass is 364 g/mol. The number of nitrogens with zero attached hydrogens (tertiary/aromatic N) is 3. The molecule has 0 radical (unpaired) electrons. The van der Waals surface area contributed by atoms with Crippen molar-refractivity contribution in [1.82, 2.24) is 14.8 Å². The Labute approximate surface area is 149 Å². The summed E-state index contributed by atoms with van der Waals surface area (Å²) in [7, 11) is 4.84. The molecule has 0 fully saturated rings. The number of hydrogen-bond acceptors (Lipinski definition) is 7. The van der Waals surface area contributed by atoms with E-state index in [1.165, 1.54) is 26.0 Å². The second-order valence-electron chi connectivity index (χ2n) is 5.20. The molecule has 8 nitrogen and oxygen atoms in total. The number of primary amides is 1. The van der Waals surface area contributed by atoms with Crippen molar-refractivity contribution < 1.29 is 19.1 Å². The lowest BCUT2D eigenvalue weighted by Crippen LogP contribution is -2.13. The summed E-state index contributed by atoms with van der Waals surface area (Å²) in [5.41, 5.74) is 5.59. The molecule has 0 aliphatic heterocycles. The maximum atomic E-state index is 12.5. The maximum Gasteiger partial charge on any atom is 0.217 e. The minimum atomic E-state index is -0.391. The van der Waals surface area contributed by atoms with Crippen LogP contribution in [0.25, 0.3) is 0 Å². The summed E-state index contributed by atoms with van der Waals surface area (Å²) in [4.78, 5) is 23.4. The number of rotatable bonds is 9. The van der Waals surface area contributed by atoms with E-state index in [-0.39, 0.29) is 18.0 Å². The smallest absolute Gasteiger partial charge is 0.217 e. The summed E-state index contributed by atoms with van der Waals surface area (Å²) >= 11 is 1.26.